The number of fused-ring (bicyclic) bond motifs is 5. The lowest BCUT2D eigenvalue weighted by molar-refractivity contribution is 0.0794. The van der Waals surface area contributed by atoms with E-state index in [9.17, 15) is 5.11 Å². The van der Waals surface area contributed by atoms with Crippen LogP contribution in [0.5, 0.6) is 0 Å². The van der Waals surface area contributed by atoms with Gasteiger partial charge < -0.3 is 14.8 Å². The Kier molecular flexibility index (Phi) is 3.68. The maximum Gasteiger partial charge on any atom is 0.158 e. The van der Waals surface area contributed by atoms with Gasteiger partial charge in [0.2, 0.25) is 0 Å². The van der Waals surface area contributed by atoms with Crippen molar-refractivity contribution < 1.29 is 9.52 Å². The van der Waals surface area contributed by atoms with Gasteiger partial charge in [-0.25, -0.2) is 0 Å². The Labute approximate surface area is 163 Å². The lowest BCUT2D eigenvalue weighted by Gasteiger charge is -2.22. The summed E-state index contributed by atoms with van der Waals surface area (Å²) < 4.78 is 6.37. The Balaban J connectivity index is 1.73. The third-order valence-corrected chi connectivity index (χ3v) is 5.24. The Morgan fingerprint density at radius 2 is 1.36 bits per heavy atom. The van der Waals surface area contributed by atoms with Crippen molar-refractivity contribution in [2.75, 3.05) is 5.32 Å². The van der Waals surface area contributed by atoms with Gasteiger partial charge in [-0.2, -0.15) is 0 Å². The minimum Gasteiger partial charge on any atom is -0.453 e. The van der Waals surface area contributed by atoms with Gasteiger partial charge >= 0.3 is 0 Å². The summed E-state index contributed by atoms with van der Waals surface area (Å²) in [5.41, 5.74) is 3.37. The van der Waals surface area contributed by atoms with Crippen molar-refractivity contribution in [1.82, 2.24) is 0 Å². The predicted octanol–water partition coefficient (Wildman–Crippen LogP) is 6.71. The molecule has 0 saturated carbocycles. The van der Waals surface area contributed by atoms with Crippen molar-refractivity contribution in [3.63, 3.8) is 0 Å². The maximum absolute atomic E-state index is 10.5. The van der Waals surface area contributed by atoms with Gasteiger partial charge in [0.05, 0.1) is 11.3 Å². The van der Waals surface area contributed by atoms with Crippen molar-refractivity contribution in [2.45, 2.75) is 19.4 Å². The molecule has 5 rings (SSSR count). The summed E-state index contributed by atoms with van der Waals surface area (Å²) in [7, 11) is 0. The maximum atomic E-state index is 10.5. The molecule has 0 aliphatic heterocycles. The second-order valence-corrected chi connectivity index (χ2v) is 7.68. The number of benzene rings is 4. The number of aliphatic hydroxyl groups is 1. The number of anilines is 2. The molecule has 0 aliphatic carbocycles. The molecule has 0 saturated heterocycles. The number of nitrogens with one attached hydrogen (secondary N) is 1. The molecule has 3 heteroatoms. The SMILES string of the molecule is CC(C)(O)c1ccccc1Nc1cccc2c1oc1c3ccccc3ccc21. The van der Waals surface area contributed by atoms with E-state index >= 15 is 0 Å². The first-order valence-electron chi connectivity index (χ1n) is 9.44. The average Bonchev–Trinajstić information content (AvgIpc) is 3.08. The molecule has 2 N–H and O–H groups in total. The fraction of sp³-hybridized carbons (Fsp3) is 0.120. The van der Waals surface area contributed by atoms with Crippen molar-refractivity contribution in [3.8, 4) is 0 Å². The van der Waals surface area contributed by atoms with Crippen molar-refractivity contribution in [1.29, 1.82) is 0 Å². The van der Waals surface area contributed by atoms with Gasteiger partial charge in [-0.15, -0.1) is 0 Å². The molecule has 0 spiro atoms. The van der Waals surface area contributed by atoms with Gasteiger partial charge in [0.25, 0.3) is 0 Å². The lowest BCUT2D eigenvalue weighted by Crippen LogP contribution is -2.17. The number of hydrogen-bond donors (Lipinski definition) is 2. The fourth-order valence-corrected chi connectivity index (χ4v) is 3.90. The molecule has 0 unspecified atom stereocenters. The van der Waals surface area contributed by atoms with Crippen molar-refractivity contribution in [3.05, 3.63) is 84.4 Å². The van der Waals surface area contributed by atoms with Crippen LogP contribution in [0.2, 0.25) is 0 Å². The van der Waals surface area contributed by atoms with Gasteiger partial charge in [-0.3, -0.25) is 0 Å². The zero-order chi connectivity index (χ0) is 19.3. The lowest BCUT2D eigenvalue weighted by atomic mass is 9.96. The van der Waals surface area contributed by atoms with E-state index in [4.69, 9.17) is 4.42 Å². The second-order valence-electron chi connectivity index (χ2n) is 7.68. The van der Waals surface area contributed by atoms with E-state index in [0.29, 0.717) is 0 Å². The van der Waals surface area contributed by atoms with Gasteiger partial charge in [0.1, 0.15) is 5.58 Å². The van der Waals surface area contributed by atoms with Gasteiger partial charge in [0, 0.05) is 27.4 Å². The molecule has 0 atom stereocenters. The first-order valence-corrected chi connectivity index (χ1v) is 9.44. The molecule has 0 radical (unpaired) electrons. The van der Waals surface area contributed by atoms with Crippen molar-refractivity contribution in [2.24, 2.45) is 0 Å². The predicted molar refractivity (Wildman–Crippen MR) is 116 cm³/mol. The average molecular weight is 367 g/mol. The smallest absolute Gasteiger partial charge is 0.158 e. The second kappa shape index (κ2) is 6.11. The number of hydrogen-bond acceptors (Lipinski definition) is 3. The standard InChI is InChI=1S/C25H21NO2/c1-25(2,27)20-11-5-6-12-21(20)26-22-13-7-10-18-19-15-14-16-8-3-4-9-17(16)23(19)28-24(18)22/h3-15,26-27H,1-2H3. The molecule has 4 aromatic carbocycles. The van der Waals surface area contributed by atoms with Crippen LogP contribution in [-0.2, 0) is 5.60 Å². The Bertz CT molecular complexity index is 1330. The van der Waals surface area contributed by atoms with E-state index in [1.807, 2.05) is 48.5 Å². The molecule has 0 amide bonds. The topological polar surface area (TPSA) is 45.4 Å². The largest absolute Gasteiger partial charge is 0.453 e. The van der Waals surface area contributed by atoms with Crippen LogP contribution in [0.3, 0.4) is 0 Å². The minimum absolute atomic E-state index is 0.819. The van der Waals surface area contributed by atoms with Crippen LogP contribution in [0.25, 0.3) is 32.7 Å². The molecule has 5 aromatic rings. The minimum atomic E-state index is -0.943. The van der Waals surface area contributed by atoms with Gasteiger partial charge in [0.15, 0.2) is 5.58 Å². The van der Waals surface area contributed by atoms with E-state index in [1.54, 1.807) is 13.8 Å². The fourth-order valence-electron chi connectivity index (χ4n) is 3.90. The molecule has 1 heterocycles. The van der Waals surface area contributed by atoms with Gasteiger partial charge in [-0.1, -0.05) is 60.7 Å². The molecular weight excluding hydrogens is 346 g/mol. The quantitative estimate of drug-likeness (QED) is 0.372. The van der Waals surface area contributed by atoms with Crippen LogP contribution in [0, 0.1) is 0 Å². The summed E-state index contributed by atoms with van der Waals surface area (Å²) in [6.07, 6.45) is 0. The number of furan rings is 1. The summed E-state index contributed by atoms with van der Waals surface area (Å²) in [5.74, 6) is 0. The molecule has 138 valence electrons. The van der Waals surface area contributed by atoms with Gasteiger partial charge in [-0.05, 0) is 37.4 Å². The monoisotopic (exact) mass is 367 g/mol. The normalized spacial score (nSPS) is 12.1. The Morgan fingerprint density at radius 3 is 2.21 bits per heavy atom. The first kappa shape index (κ1) is 16.8. The summed E-state index contributed by atoms with van der Waals surface area (Å²) >= 11 is 0. The number of para-hydroxylation sites is 2. The Morgan fingerprint density at radius 1 is 0.679 bits per heavy atom. The van der Waals surface area contributed by atoms with E-state index in [-0.39, 0.29) is 0 Å². The zero-order valence-electron chi connectivity index (χ0n) is 15.9. The van der Waals surface area contributed by atoms with Crippen molar-refractivity contribution >= 4 is 44.1 Å². The Hall–Kier alpha value is -3.30. The van der Waals surface area contributed by atoms with E-state index in [0.717, 1.165) is 49.6 Å². The highest BCUT2D eigenvalue weighted by Crippen LogP contribution is 2.39. The number of rotatable bonds is 3. The summed E-state index contributed by atoms with van der Waals surface area (Å²) in [6, 6.07) is 26.5. The summed E-state index contributed by atoms with van der Waals surface area (Å²) in [5, 5.41) is 18.5. The van der Waals surface area contributed by atoms with Crippen LogP contribution < -0.4 is 5.32 Å². The highest BCUT2D eigenvalue weighted by Gasteiger charge is 2.20. The molecule has 0 fully saturated rings. The van der Waals surface area contributed by atoms with E-state index in [2.05, 4.69) is 35.6 Å². The van der Waals surface area contributed by atoms with Crippen LogP contribution in [0.15, 0.2) is 83.3 Å². The third-order valence-electron chi connectivity index (χ3n) is 5.24. The van der Waals surface area contributed by atoms with E-state index < -0.39 is 5.60 Å². The summed E-state index contributed by atoms with van der Waals surface area (Å²) in [4.78, 5) is 0. The molecule has 0 bridgehead atoms. The molecule has 28 heavy (non-hydrogen) atoms. The molecular formula is C25H21NO2. The van der Waals surface area contributed by atoms with Crippen LogP contribution in [0.1, 0.15) is 19.4 Å². The van der Waals surface area contributed by atoms with Crippen LogP contribution in [0.4, 0.5) is 11.4 Å². The zero-order valence-corrected chi connectivity index (χ0v) is 15.9. The highest BCUT2D eigenvalue weighted by molar-refractivity contribution is 6.17. The van der Waals surface area contributed by atoms with E-state index in [1.165, 1.54) is 0 Å². The molecule has 1 aromatic heterocycles. The first-order chi connectivity index (χ1) is 13.5. The summed E-state index contributed by atoms with van der Waals surface area (Å²) in [6.45, 7) is 3.59. The molecule has 3 nitrogen and oxygen atoms in total. The van der Waals surface area contributed by atoms with Crippen LogP contribution >= 0.6 is 0 Å². The third kappa shape index (κ3) is 2.63. The molecule has 0 aliphatic rings. The van der Waals surface area contributed by atoms with Crippen LogP contribution in [-0.4, -0.2) is 5.11 Å². The highest BCUT2D eigenvalue weighted by atomic mass is 16.3.